The SMILES string of the molecule is COc1c(C)cccc1C(=O)NC(=S)Nc1ccc(-c2nc3cc(C)ccc3o2)cc1. The van der Waals surface area contributed by atoms with E-state index in [4.69, 9.17) is 21.4 Å². The number of carbonyl (C=O) groups excluding carboxylic acids is 1. The molecule has 3 aromatic carbocycles. The number of methoxy groups -OCH3 is 1. The average Bonchev–Trinajstić information content (AvgIpc) is 3.17. The summed E-state index contributed by atoms with van der Waals surface area (Å²) in [6, 6.07) is 18.7. The number of aromatic nitrogens is 1. The highest BCUT2D eigenvalue weighted by molar-refractivity contribution is 7.80. The molecule has 6 nitrogen and oxygen atoms in total. The summed E-state index contributed by atoms with van der Waals surface area (Å²) in [6.07, 6.45) is 0. The Morgan fingerprint density at radius 3 is 2.58 bits per heavy atom. The third-order valence-corrected chi connectivity index (χ3v) is 5.02. The van der Waals surface area contributed by atoms with Crippen LogP contribution >= 0.6 is 12.2 Å². The summed E-state index contributed by atoms with van der Waals surface area (Å²) < 4.78 is 11.2. The van der Waals surface area contributed by atoms with E-state index in [1.165, 1.54) is 7.11 Å². The van der Waals surface area contributed by atoms with Gasteiger partial charge in [-0.05, 0) is 79.7 Å². The third kappa shape index (κ3) is 4.41. The Kier molecular flexibility index (Phi) is 5.68. The van der Waals surface area contributed by atoms with E-state index in [2.05, 4.69) is 15.6 Å². The quantitative estimate of drug-likeness (QED) is 0.430. The Hall–Kier alpha value is -3.71. The first-order valence-corrected chi connectivity index (χ1v) is 10.1. The monoisotopic (exact) mass is 431 g/mol. The number of amides is 1. The zero-order valence-electron chi connectivity index (χ0n) is 17.4. The van der Waals surface area contributed by atoms with Gasteiger partial charge in [-0.15, -0.1) is 0 Å². The minimum Gasteiger partial charge on any atom is -0.496 e. The first-order valence-electron chi connectivity index (χ1n) is 9.68. The van der Waals surface area contributed by atoms with Crippen LogP contribution in [-0.2, 0) is 0 Å². The Morgan fingerprint density at radius 2 is 1.84 bits per heavy atom. The summed E-state index contributed by atoms with van der Waals surface area (Å²) in [6.45, 7) is 3.90. The van der Waals surface area contributed by atoms with Crippen molar-refractivity contribution in [1.29, 1.82) is 0 Å². The Morgan fingerprint density at radius 1 is 1.06 bits per heavy atom. The van der Waals surface area contributed by atoms with Gasteiger partial charge >= 0.3 is 0 Å². The maximum atomic E-state index is 12.6. The highest BCUT2D eigenvalue weighted by atomic mass is 32.1. The van der Waals surface area contributed by atoms with Gasteiger partial charge in [0.05, 0.1) is 12.7 Å². The van der Waals surface area contributed by atoms with Crippen LogP contribution < -0.4 is 15.4 Å². The van der Waals surface area contributed by atoms with E-state index in [0.29, 0.717) is 17.2 Å². The van der Waals surface area contributed by atoms with Crippen molar-refractivity contribution in [2.24, 2.45) is 0 Å². The standard InChI is InChI=1S/C24H21N3O3S/c1-14-7-12-20-19(13-14)26-23(30-20)16-8-10-17(11-9-16)25-24(31)27-22(28)18-6-4-5-15(2)21(18)29-3/h4-13H,1-3H3,(H2,25,27,28,31). The number of nitrogens with one attached hydrogen (secondary N) is 2. The smallest absolute Gasteiger partial charge is 0.261 e. The number of nitrogens with zero attached hydrogens (tertiary/aromatic N) is 1. The maximum Gasteiger partial charge on any atom is 0.261 e. The number of carbonyl (C=O) groups is 1. The van der Waals surface area contributed by atoms with Crippen molar-refractivity contribution >= 4 is 40.0 Å². The van der Waals surface area contributed by atoms with Crippen molar-refractivity contribution in [2.75, 3.05) is 12.4 Å². The number of oxazole rings is 1. The van der Waals surface area contributed by atoms with Gasteiger partial charge in [0.2, 0.25) is 5.89 Å². The molecular formula is C24H21N3O3S. The number of rotatable bonds is 4. The average molecular weight is 432 g/mol. The molecule has 0 unspecified atom stereocenters. The molecular weight excluding hydrogens is 410 g/mol. The number of anilines is 1. The summed E-state index contributed by atoms with van der Waals surface area (Å²) in [7, 11) is 1.54. The molecule has 0 saturated heterocycles. The highest BCUT2D eigenvalue weighted by Gasteiger charge is 2.15. The van der Waals surface area contributed by atoms with Crippen molar-refractivity contribution in [3.8, 4) is 17.2 Å². The molecule has 4 rings (SSSR count). The highest BCUT2D eigenvalue weighted by Crippen LogP contribution is 2.26. The number of benzene rings is 3. The summed E-state index contributed by atoms with van der Waals surface area (Å²) in [5, 5.41) is 5.89. The molecule has 31 heavy (non-hydrogen) atoms. The molecule has 0 radical (unpaired) electrons. The van der Waals surface area contributed by atoms with E-state index in [1.807, 2.05) is 62.4 Å². The van der Waals surface area contributed by atoms with Gasteiger partial charge in [0.25, 0.3) is 5.91 Å². The fraction of sp³-hybridized carbons (Fsp3) is 0.125. The van der Waals surface area contributed by atoms with Crippen LogP contribution in [0.4, 0.5) is 5.69 Å². The summed E-state index contributed by atoms with van der Waals surface area (Å²) in [5.41, 5.74) is 5.58. The number of hydrogen-bond donors (Lipinski definition) is 2. The minimum absolute atomic E-state index is 0.193. The number of thiocarbonyl (C=S) groups is 1. The van der Waals surface area contributed by atoms with E-state index in [0.717, 1.165) is 33.5 Å². The van der Waals surface area contributed by atoms with Crippen LogP contribution in [0.2, 0.25) is 0 Å². The molecule has 7 heteroatoms. The predicted molar refractivity (Wildman–Crippen MR) is 126 cm³/mol. The van der Waals surface area contributed by atoms with Gasteiger partial charge in [-0.25, -0.2) is 4.98 Å². The van der Waals surface area contributed by atoms with Crippen LogP contribution in [0.15, 0.2) is 65.1 Å². The van der Waals surface area contributed by atoms with Crippen LogP contribution in [0.25, 0.3) is 22.6 Å². The molecule has 4 aromatic rings. The molecule has 0 aliphatic heterocycles. The van der Waals surface area contributed by atoms with Gasteiger partial charge in [-0.2, -0.15) is 0 Å². The number of ether oxygens (including phenoxy) is 1. The van der Waals surface area contributed by atoms with Crippen molar-refractivity contribution in [3.63, 3.8) is 0 Å². The topological polar surface area (TPSA) is 76.4 Å². The van der Waals surface area contributed by atoms with Gasteiger partial charge in [0.1, 0.15) is 11.3 Å². The van der Waals surface area contributed by atoms with E-state index in [9.17, 15) is 4.79 Å². The van der Waals surface area contributed by atoms with Crippen molar-refractivity contribution in [2.45, 2.75) is 13.8 Å². The fourth-order valence-electron chi connectivity index (χ4n) is 3.29. The zero-order chi connectivity index (χ0) is 22.0. The molecule has 2 N–H and O–H groups in total. The summed E-state index contributed by atoms with van der Waals surface area (Å²) in [5.74, 6) is 0.742. The second kappa shape index (κ2) is 8.57. The van der Waals surface area contributed by atoms with Gasteiger partial charge in [0.15, 0.2) is 10.7 Å². The van der Waals surface area contributed by atoms with E-state index in [1.54, 1.807) is 12.1 Å². The number of para-hydroxylation sites is 1. The van der Waals surface area contributed by atoms with Crippen molar-refractivity contribution in [3.05, 3.63) is 77.4 Å². The second-order valence-corrected chi connectivity index (χ2v) is 7.54. The van der Waals surface area contributed by atoms with Gasteiger partial charge < -0.3 is 14.5 Å². The van der Waals surface area contributed by atoms with E-state index >= 15 is 0 Å². The fourth-order valence-corrected chi connectivity index (χ4v) is 3.50. The van der Waals surface area contributed by atoms with E-state index in [-0.39, 0.29) is 11.0 Å². The number of aryl methyl sites for hydroxylation is 2. The van der Waals surface area contributed by atoms with Crippen LogP contribution in [-0.4, -0.2) is 23.1 Å². The molecule has 0 aliphatic carbocycles. The lowest BCUT2D eigenvalue weighted by Crippen LogP contribution is -2.34. The third-order valence-electron chi connectivity index (χ3n) is 4.82. The first kappa shape index (κ1) is 20.6. The number of hydrogen-bond acceptors (Lipinski definition) is 5. The molecule has 0 bridgehead atoms. The van der Waals surface area contributed by atoms with E-state index < -0.39 is 0 Å². The minimum atomic E-state index is -0.337. The van der Waals surface area contributed by atoms with Crippen LogP contribution in [0.1, 0.15) is 21.5 Å². The van der Waals surface area contributed by atoms with Crippen LogP contribution in [0.5, 0.6) is 5.75 Å². The van der Waals surface area contributed by atoms with Gasteiger partial charge in [0, 0.05) is 11.3 Å². The molecule has 0 fully saturated rings. The van der Waals surface area contributed by atoms with Crippen LogP contribution in [0, 0.1) is 13.8 Å². The summed E-state index contributed by atoms with van der Waals surface area (Å²) >= 11 is 5.29. The molecule has 1 aromatic heterocycles. The molecule has 1 heterocycles. The molecule has 156 valence electrons. The lowest BCUT2D eigenvalue weighted by molar-refractivity contribution is 0.0974. The molecule has 0 atom stereocenters. The summed E-state index contributed by atoms with van der Waals surface area (Å²) in [4.78, 5) is 17.1. The zero-order valence-corrected chi connectivity index (χ0v) is 18.2. The molecule has 0 saturated carbocycles. The molecule has 1 amide bonds. The normalized spacial score (nSPS) is 10.7. The maximum absolute atomic E-state index is 12.6. The lowest BCUT2D eigenvalue weighted by atomic mass is 10.1. The molecule has 0 aliphatic rings. The molecule has 0 spiro atoms. The Balaban J connectivity index is 1.44. The van der Waals surface area contributed by atoms with Crippen molar-refractivity contribution < 1.29 is 13.9 Å². The second-order valence-electron chi connectivity index (χ2n) is 7.13. The lowest BCUT2D eigenvalue weighted by Gasteiger charge is -2.13. The van der Waals surface area contributed by atoms with Gasteiger partial charge in [-0.1, -0.05) is 18.2 Å². The predicted octanol–water partition coefficient (Wildman–Crippen LogP) is 5.25. The van der Waals surface area contributed by atoms with Gasteiger partial charge in [-0.3, -0.25) is 10.1 Å². The first-order chi connectivity index (χ1) is 14.9. The Labute approximate surface area is 185 Å². The van der Waals surface area contributed by atoms with Crippen molar-refractivity contribution in [1.82, 2.24) is 10.3 Å². The Bertz CT molecular complexity index is 1280. The van der Waals surface area contributed by atoms with Crippen LogP contribution in [0.3, 0.4) is 0 Å². The number of fused-ring (bicyclic) bond motifs is 1. The largest absolute Gasteiger partial charge is 0.496 e.